The van der Waals surface area contributed by atoms with Gasteiger partial charge in [0.05, 0.1) is 5.92 Å². The van der Waals surface area contributed by atoms with Gasteiger partial charge in [-0.2, -0.15) is 0 Å². The fourth-order valence-corrected chi connectivity index (χ4v) is 2.33. The molecular weight excluding hydrogens is 290 g/mol. The molecule has 0 radical (unpaired) electrons. The van der Waals surface area contributed by atoms with Crippen molar-refractivity contribution in [3.63, 3.8) is 0 Å². The smallest absolute Gasteiger partial charge is 0.307 e. The fourth-order valence-electron chi connectivity index (χ4n) is 2.33. The highest BCUT2D eigenvalue weighted by atomic mass is 16.4. The Bertz CT molecular complexity index is 675. The molecule has 0 spiro atoms. The predicted octanol–water partition coefficient (Wildman–Crippen LogP) is 3.58. The molecule has 0 saturated carbocycles. The van der Waals surface area contributed by atoms with Gasteiger partial charge in [0.2, 0.25) is 5.91 Å². The van der Waals surface area contributed by atoms with E-state index in [1.165, 1.54) is 0 Å². The van der Waals surface area contributed by atoms with Gasteiger partial charge in [0.15, 0.2) is 0 Å². The van der Waals surface area contributed by atoms with Crippen LogP contribution in [-0.4, -0.2) is 17.0 Å². The highest BCUT2D eigenvalue weighted by Gasteiger charge is 2.21. The van der Waals surface area contributed by atoms with E-state index in [9.17, 15) is 14.7 Å². The van der Waals surface area contributed by atoms with E-state index in [0.717, 1.165) is 16.7 Å². The number of carbonyl (C=O) groups excluding carboxylic acids is 1. The van der Waals surface area contributed by atoms with Crippen LogP contribution >= 0.6 is 0 Å². The van der Waals surface area contributed by atoms with Gasteiger partial charge in [-0.15, -0.1) is 0 Å². The van der Waals surface area contributed by atoms with Gasteiger partial charge in [-0.3, -0.25) is 9.59 Å². The molecule has 1 amide bonds. The van der Waals surface area contributed by atoms with E-state index < -0.39 is 11.9 Å². The summed E-state index contributed by atoms with van der Waals surface area (Å²) < 4.78 is 0. The lowest BCUT2D eigenvalue weighted by Gasteiger charge is -2.13. The van der Waals surface area contributed by atoms with Crippen LogP contribution in [0.1, 0.15) is 23.1 Å². The zero-order valence-corrected chi connectivity index (χ0v) is 13.4. The maximum absolute atomic E-state index is 12.1. The minimum atomic E-state index is -0.954. The third-order valence-corrected chi connectivity index (χ3v) is 3.72. The molecule has 0 saturated heterocycles. The molecule has 1 atom stereocenters. The SMILES string of the molecule is Cc1ccc(CC(CC(=O)Nc2ccc(C)cc2)C(=O)O)cc1. The third-order valence-electron chi connectivity index (χ3n) is 3.72. The number of rotatable bonds is 6. The molecule has 120 valence electrons. The summed E-state index contributed by atoms with van der Waals surface area (Å²) in [6.45, 7) is 3.95. The Labute approximate surface area is 136 Å². The van der Waals surface area contributed by atoms with E-state index in [-0.39, 0.29) is 12.3 Å². The normalized spacial score (nSPS) is 11.7. The third kappa shape index (κ3) is 5.25. The van der Waals surface area contributed by atoms with Crippen LogP contribution in [0, 0.1) is 19.8 Å². The number of benzene rings is 2. The fraction of sp³-hybridized carbons (Fsp3) is 0.263. The van der Waals surface area contributed by atoms with Crippen LogP contribution in [0.15, 0.2) is 48.5 Å². The molecule has 4 heteroatoms. The van der Waals surface area contributed by atoms with Crippen LogP contribution in [-0.2, 0) is 16.0 Å². The van der Waals surface area contributed by atoms with Gasteiger partial charge in [-0.05, 0) is 38.0 Å². The largest absolute Gasteiger partial charge is 0.481 e. The summed E-state index contributed by atoms with van der Waals surface area (Å²) in [4.78, 5) is 23.5. The lowest BCUT2D eigenvalue weighted by Crippen LogP contribution is -2.24. The summed E-state index contributed by atoms with van der Waals surface area (Å²) in [6, 6.07) is 15.1. The van der Waals surface area contributed by atoms with E-state index in [1.54, 1.807) is 0 Å². The van der Waals surface area contributed by atoms with Crippen molar-refractivity contribution in [2.45, 2.75) is 26.7 Å². The van der Waals surface area contributed by atoms with Crippen molar-refractivity contribution in [3.05, 3.63) is 65.2 Å². The van der Waals surface area contributed by atoms with Crippen LogP contribution < -0.4 is 5.32 Å². The Kier molecular flexibility index (Phi) is 5.52. The topological polar surface area (TPSA) is 66.4 Å². The molecule has 0 aliphatic carbocycles. The molecule has 4 nitrogen and oxygen atoms in total. The Morgan fingerprint density at radius 1 is 0.957 bits per heavy atom. The molecule has 0 aliphatic rings. The lowest BCUT2D eigenvalue weighted by molar-refractivity contribution is -0.143. The Hall–Kier alpha value is -2.62. The summed E-state index contributed by atoms with van der Waals surface area (Å²) in [5.41, 5.74) is 3.83. The van der Waals surface area contributed by atoms with Crippen molar-refractivity contribution in [3.8, 4) is 0 Å². The molecule has 0 fully saturated rings. The number of nitrogens with one attached hydrogen (secondary N) is 1. The zero-order valence-electron chi connectivity index (χ0n) is 13.4. The monoisotopic (exact) mass is 311 g/mol. The molecule has 0 heterocycles. The number of aryl methyl sites for hydroxylation is 2. The van der Waals surface area contributed by atoms with Gasteiger partial charge < -0.3 is 10.4 Å². The first kappa shape index (κ1) is 16.7. The molecule has 0 aliphatic heterocycles. The summed E-state index contributed by atoms with van der Waals surface area (Å²) in [7, 11) is 0. The second kappa shape index (κ2) is 7.58. The second-order valence-corrected chi connectivity index (χ2v) is 5.84. The highest BCUT2D eigenvalue weighted by Crippen LogP contribution is 2.16. The highest BCUT2D eigenvalue weighted by molar-refractivity contribution is 5.93. The van der Waals surface area contributed by atoms with Crippen molar-refractivity contribution < 1.29 is 14.7 Å². The van der Waals surface area contributed by atoms with E-state index in [4.69, 9.17) is 0 Å². The number of hydrogen-bond donors (Lipinski definition) is 2. The number of anilines is 1. The van der Waals surface area contributed by atoms with Gasteiger partial charge in [0, 0.05) is 12.1 Å². The summed E-state index contributed by atoms with van der Waals surface area (Å²) >= 11 is 0. The standard InChI is InChI=1S/C19H21NO3/c1-13-3-7-15(8-4-13)11-16(19(22)23)12-18(21)20-17-9-5-14(2)6-10-17/h3-10,16H,11-12H2,1-2H3,(H,20,21)(H,22,23). The van der Waals surface area contributed by atoms with Crippen molar-refractivity contribution in [1.29, 1.82) is 0 Å². The lowest BCUT2D eigenvalue weighted by atomic mass is 9.95. The van der Waals surface area contributed by atoms with Crippen LogP contribution in [0.25, 0.3) is 0 Å². The van der Waals surface area contributed by atoms with Crippen LogP contribution in [0.5, 0.6) is 0 Å². The minimum Gasteiger partial charge on any atom is -0.481 e. The average Bonchev–Trinajstić information content (AvgIpc) is 2.51. The van der Waals surface area contributed by atoms with E-state index >= 15 is 0 Å². The van der Waals surface area contributed by atoms with Crippen LogP contribution in [0.3, 0.4) is 0 Å². The van der Waals surface area contributed by atoms with Crippen LogP contribution in [0.4, 0.5) is 5.69 Å². The van der Waals surface area contributed by atoms with Crippen molar-refractivity contribution in [2.24, 2.45) is 5.92 Å². The molecule has 2 aromatic carbocycles. The quantitative estimate of drug-likeness (QED) is 0.857. The minimum absolute atomic E-state index is 0.0446. The Balaban J connectivity index is 1.98. The molecule has 0 bridgehead atoms. The maximum Gasteiger partial charge on any atom is 0.307 e. The van der Waals surface area contributed by atoms with Crippen molar-refractivity contribution in [1.82, 2.24) is 0 Å². The molecule has 2 N–H and O–H groups in total. The maximum atomic E-state index is 12.1. The molecule has 2 rings (SSSR count). The first-order valence-electron chi connectivity index (χ1n) is 7.59. The first-order chi connectivity index (χ1) is 10.9. The van der Waals surface area contributed by atoms with Crippen molar-refractivity contribution in [2.75, 3.05) is 5.32 Å². The molecule has 1 unspecified atom stereocenters. The number of amides is 1. The summed E-state index contributed by atoms with van der Waals surface area (Å²) in [5.74, 6) is -1.97. The Morgan fingerprint density at radius 3 is 2.00 bits per heavy atom. The second-order valence-electron chi connectivity index (χ2n) is 5.84. The van der Waals surface area contributed by atoms with E-state index in [2.05, 4.69) is 5.32 Å². The van der Waals surface area contributed by atoms with Gasteiger partial charge in [-0.25, -0.2) is 0 Å². The zero-order chi connectivity index (χ0) is 16.8. The van der Waals surface area contributed by atoms with Crippen molar-refractivity contribution >= 4 is 17.6 Å². The number of carbonyl (C=O) groups is 2. The molecule has 23 heavy (non-hydrogen) atoms. The predicted molar refractivity (Wildman–Crippen MR) is 90.4 cm³/mol. The van der Waals surface area contributed by atoms with Crippen LogP contribution in [0.2, 0.25) is 0 Å². The van der Waals surface area contributed by atoms with Gasteiger partial charge >= 0.3 is 5.97 Å². The average molecular weight is 311 g/mol. The summed E-state index contributed by atoms with van der Waals surface area (Å²) in [6.07, 6.45) is 0.300. The Morgan fingerprint density at radius 2 is 1.48 bits per heavy atom. The molecular formula is C19H21NO3. The molecule has 2 aromatic rings. The number of hydrogen-bond acceptors (Lipinski definition) is 2. The van der Waals surface area contributed by atoms with E-state index in [1.807, 2.05) is 62.4 Å². The molecule has 0 aromatic heterocycles. The number of carboxylic acid groups (broad SMARTS) is 1. The van der Waals surface area contributed by atoms with Gasteiger partial charge in [0.1, 0.15) is 0 Å². The number of carboxylic acids is 1. The number of aliphatic carboxylic acids is 1. The van der Waals surface area contributed by atoms with Gasteiger partial charge in [0.25, 0.3) is 0 Å². The van der Waals surface area contributed by atoms with E-state index in [0.29, 0.717) is 12.1 Å². The summed E-state index contributed by atoms with van der Waals surface area (Å²) in [5, 5.41) is 12.1. The van der Waals surface area contributed by atoms with Gasteiger partial charge in [-0.1, -0.05) is 47.5 Å². The first-order valence-corrected chi connectivity index (χ1v) is 7.59.